The van der Waals surface area contributed by atoms with Gasteiger partial charge in [-0.3, -0.25) is 76.7 Å². The molecule has 0 aliphatic rings. The first-order valence-corrected chi connectivity index (χ1v) is 44.3. The largest absolute Gasteiger partial charge is 0.469 e. The summed E-state index contributed by atoms with van der Waals surface area (Å²) in [4.78, 5) is 192. The number of amides is 8. The maximum Gasteiger partial charge on any atom is 0.307 e. The number of likely N-dealkylation sites (N-methyl/N-ethyl adjacent to an activating group) is 8. The van der Waals surface area contributed by atoms with E-state index in [1.807, 2.05) is 76.2 Å². The first kappa shape index (κ1) is 131. The highest BCUT2D eigenvalue weighted by Crippen LogP contribution is 2.14. The number of unbranched alkanes of at least 4 members (excludes halogenated alkanes) is 5. The molecular formula is C94H164N8O24. The zero-order valence-corrected chi connectivity index (χ0v) is 80.7. The second-order valence-corrected chi connectivity index (χ2v) is 28.0. The second kappa shape index (κ2) is 92.1. The third-order valence-corrected chi connectivity index (χ3v) is 17.4. The summed E-state index contributed by atoms with van der Waals surface area (Å²) >= 11 is 0. The molecule has 0 bridgehead atoms. The van der Waals surface area contributed by atoms with Crippen LogP contribution in [0.2, 0.25) is 0 Å². The van der Waals surface area contributed by atoms with E-state index in [4.69, 9.17) is 33.2 Å². The van der Waals surface area contributed by atoms with E-state index in [1.165, 1.54) is 91.2 Å². The van der Waals surface area contributed by atoms with Crippen LogP contribution in [0.5, 0.6) is 0 Å². The molecule has 1 atom stereocenters. The second-order valence-electron chi connectivity index (χ2n) is 28.0. The van der Waals surface area contributed by atoms with E-state index in [0.717, 1.165) is 44.9 Å². The van der Waals surface area contributed by atoms with Crippen molar-refractivity contribution < 1.29 is 115 Å². The molecule has 126 heavy (non-hydrogen) atoms. The molecule has 0 aromatic carbocycles. The average molecular weight is 1790 g/mol. The monoisotopic (exact) mass is 1790 g/mol. The smallest absolute Gasteiger partial charge is 0.307 e. The molecule has 724 valence electrons. The Kier molecular flexibility index (Phi) is 95.8. The van der Waals surface area contributed by atoms with Crippen LogP contribution in [-0.4, -0.2) is 292 Å². The summed E-state index contributed by atoms with van der Waals surface area (Å²) in [7, 11) is 2.96. The molecular weight excluding hydrogens is 1630 g/mol. The Balaban J connectivity index is -0.000000211. The highest BCUT2D eigenvalue weighted by Gasteiger charge is 2.19. The molecule has 0 radical (unpaired) electrons. The number of ether oxygens (including phenoxy) is 8. The summed E-state index contributed by atoms with van der Waals surface area (Å²) in [5.74, 6) is -2.56. The van der Waals surface area contributed by atoms with Gasteiger partial charge in [-0.1, -0.05) is 146 Å². The van der Waals surface area contributed by atoms with E-state index < -0.39 is 0 Å². The number of esters is 8. The van der Waals surface area contributed by atoms with Crippen molar-refractivity contribution >= 4 is 95.0 Å². The first-order chi connectivity index (χ1) is 59.8. The van der Waals surface area contributed by atoms with Gasteiger partial charge >= 0.3 is 47.8 Å². The predicted octanol–water partition coefficient (Wildman–Crippen LogP) is 13.0. The molecule has 0 aromatic heterocycles. The van der Waals surface area contributed by atoms with E-state index in [0.29, 0.717) is 150 Å². The third kappa shape index (κ3) is 81.8. The lowest BCUT2D eigenvalue weighted by Gasteiger charge is -2.19. The van der Waals surface area contributed by atoms with Gasteiger partial charge in [0.2, 0.25) is 47.3 Å². The van der Waals surface area contributed by atoms with Crippen LogP contribution in [0.3, 0.4) is 0 Å². The quantitative estimate of drug-likeness (QED) is 0.0236. The Morgan fingerprint density at radius 2 is 0.556 bits per heavy atom. The Morgan fingerprint density at radius 3 is 0.817 bits per heavy atom. The van der Waals surface area contributed by atoms with Gasteiger partial charge in [0.25, 0.3) is 0 Å². The van der Waals surface area contributed by atoms with Crippen LogP contribution in [0.1, 0.15) is 240 Å². The fraction of sp³-hybridized carbons (Fsp3) is 0.660. The van der Waals surface area contributed by atoms with Crippen LogP contribution < -0.4 is 0 Å². The minimum absolute atomic E-state index is 0.109. The molecule has 0 saturated carbocycles. The zero-order valence-electron chi connectivity index (χ0n) is 80.7. The van der Waals surface area contributed by atoms with Crippen molar-refractivity contribution in [3.05, 3.63) is 101 Å². The molecule has 0 N–H and O–H groups in total. The van der Waals surface area contributed by atoms with Gasteiger partial charge in [0.15, 0.2) is 0 Å². The maximum atomic E-state index is 11.7. The summed E-state index contributed by atoms with van der Waals surface area (Å²) < 4.78 is 39.4. The molecule has 32 nitrogen and oxygen atoms in total. The van der Waals surface area contributed by atoms with Gasteiger partial charge in [-0.15, -0.1) is 0 Å². The number of carbonyl (C=O) groups is 16. The Labute approximate surface area is 756 Å². The molecule has 0 saturated heterocycles. The average Bonchev–Trinajstić information content (AvgIpc) is 0.958. The minimum atomic E-state index is -0.310. The first-order valence-electron chi connectivity index (χ1n) is 44.3. The highest BCUT2D eigenvalue weighted by molar-refractivity contribution is 5.91. The van der Waals surface area contributed by atoms with Gasteiger partial charge in [-0.25, -0.2) is 0 Å². The van der Waals surface area contributed by atoms with Gasteiger partial charge in [-0.2, -0.15) is 0 Å². The molecule has 0 spiro atoms. The fourth-order valence-corrected chi connectivity index (χ4v) is 9.63. The zero-order chi connectivity index (χ0) is 98.2. The number of methoxy groups -OCH3 is 1. The van der Waals surface area contributed by atoms with Crippen LogP contribution in [0.25, 0.3) is 0 Å². The lowest BCUT2D eigenvalue weighted by Crippen LogP contribution is -2.31. The number of rotatable bonds is 59. The van der Waals surface area contributed by atoms with Gasteiger partial charge in [0.05, 0.1) is 104 Å². The van der Waals surface area contributed by atoms with Crippen molar-refractivity contribution in [3.63, 3.8) is 0 Å². The highest BCUT2D eigenvalue weighted by atomic mass is 16.6. The third-order valence-electron chi connectivity index (χ3n) is 17.4. The normalized spacial score (nSPS) is 9.94. The van der Waals surface area contributed by atoms with Crippen LogP contribution >= 0.6 is 0 Å². The number of hydrogen-bond donors (Lipinski definition) is 0. The number of nitrogens with zero attached hydrogens (tertiary/aromatic N) is 8. The summed E-state index contributed by atoms with van der Waals surface area (Å²) in [5.41, 5.74) is 0. The van der Waals surface area contributed by atoms with E-state index in [1.54, 1.807) is 57.2 Å². The Morgan fingerprint density at radius 1 is 0.286 bits per heavy atom. The molecule has 0 fully saturated rings. The number of hydrogen-bond acceptors (Lipinski definition) is 24. The van der Waals surface area contributed by atoms with Crippen LogP contribution in [0.4, 0.5) is 0 Å². The van der Waals surface area contributed by atoms with Crippen molar-refractivity contribution in [2.24, 2.45) is 11.8 Å². The Bertz CT molecular complexity index is 3120. The van der Waals surface area contributed by atoms with Crippen molar-refractivity contribution in [1.29, 1.82) is 0 Å². The molecule has 8 amide bonds. The maximum absolute atomic E-state index is 11.7. The topological polar surface area (TPSA) is 373 Å². The van der Waals surface area contributed by atoms with Crippen molar-refractivity contribution in [3.8, 4) is 0 Å². The SMILES string of the molecule is C=CC(=O)N(C)CCC(=O)OCCCCCC.C=CC(=O)N(CC)CCC(=O)OC.C=CC(=O)N(CC)CCC(=O)OC(C)C.C=CC(=O)N(CC)CCC(=O)OCC.C=CC(=O)N(CC)CCC(=O)OCC(C)C.C=CC(=O)N(CC)CCC(=O)OCC(CC)CCCC.C=CC(=O)N(CC)CCC(=O)OCCC.C=CC(=O)N(CC)CCC(=O)OCCCC. The van der Waals surface area contributed by atoms with E-state index >= 15 is 0 Å². The van der Waals surface area contributed by atoms with Crippen molar-refractivity contribution in [2.45, 2.75) is 246 Å². The molecule has 0 rings (SSSR count). The van der Waals surface area contributed by atoms with E-state index in [9.17, 15) is 76.7 Å². The summed E-state index contributed by atoms with van der Waals surface area (Å²) in [5, 5.41) is 0. The molecule has 32 heteroatoms. The Hall–Kier alpha value is -10.6. The van der Waals surface area contributed by atoms with Gasteiger partial charge in [0.1, 0.15) is 0 Å². The molecule has 0 aromatic rings. The standard InChI is InChI=1S/C16H29NO3.C13H23NO3.2C12H21NO3.2C11H19NO3.C10H17NO3.C9H15NO3/c1-5-9-10-14(6-2)13-20-16(19)11-12-17(8-4)15(18)7-3;1-4-6-7-8-11-17-13(16)9-10-14(3)12(15)5-2;1-5-11(14)13(6-2)8-7-12(15)16-9-10(3)4;1-4-7-10-16-12(15)8-9-13(6-3)11(14)5-2;1-5-10(13)12(6-2)8-7-11(14)15-9(3)4;1-4-9-15-11(14)7-8-12(6-3)10(13)5-2;1-4-9(12)11(5-2)8-7-10(13)14-6-3;1-4-8(11)10(5-2)7-6-9(12)13-3/h7,14H,3,5-6,8-13H2,1-2,4H3;5H,2,4,6-11H2,1,3H3;5,10H,1,6-9H2,2-4H3;5H,2,4,6-10H2,1,3H3;5,9H,1,6-8H2,2-4H3;5H,2,4,6-9H2,1,3H3;4H,1,5-8H2,2-3H3;4H,1,5-7H2,2-3H3. The van der Waals surface area contributed by atoms with Gasteiger partial charge in [0, 0.05) is 105 Å². The lowest BCUT2D eigenvalue weighted by atomic mass is 10.0. The molecule has 0 heterocycles. The predicted molar refractivity (Wildman–Crippen MR) is 494 cm³/mol. The summed E-state index contributed by atoms with van der Waals surface area (Å²) in [6.07, 6.45) is 23.3. The van der Waals surface area contributed by atoms with Crippen LogP contribution in [0.15, 0.2) is 101 Å². The summed E-state index contributed by atoms with van der Waals surface area (Å²) in [6, 6.07) is 0. The van der Waals surface area contributed by atoms with Crippen molar-refractivity contribution in [1.82, 2.24) is 39.2 Å². The summed E-state index contributed by atoms with van der Waals surface area (Å²) in [6.45, 7) is 69.7. The van der Waals surface area contributed by atoms with Crippen LogP contribution in [0, 0.1) is 11.8 Å². The lowest BCUT2D eigenvalue weighted by molar-refractivity contribution is -0.148. The fourth-order valence-electron chi connectivity index (χ4n) is 9.63. The molecule has 1 unspecified atom stereocenters. The van der Waals surface area contributed by atoms with Gasteiger partial charge < -0.3 is 77.1 Å². The van der Waals surface area contributed by atoms with E-state index in [2.05, 4.69) is 78.1 Å². The van der Waals surface area contributed by atoms with Gasteiger partial charge in [-0.05, 0) is 155 Å². The van der Waals surface area contributed by atoms with Crippen LogP contribution in [-0.2, 0) is 115 Å². The minimum Gasteiger partial charge on any atom is -0.469 e. The van der Waals surface area contributed by atoms with Crippen molar-refractivity contribution in [2.75, 3.05) is 152 Å². The number of carbonyl (C=O) groups excluding carboxylic acids is 16. The van der Waals surface area contributed by atoms with E-state index in [-0.39, 0.29) is 152 Å². The molecule has 0 aliphatic carbocycles. The molecule has 0 aliphatic heterocycles.